The van der Waals surface area contributed by atoms with Crippen molar-refractivity contribution in [3.8, 4) is 0 Å². The first-order chi connectivity index (χ1) is 17.5. The summed E-state index contributed by atoms with van der Waals surface area (Å²) in [5.41, 5.74) is 2.12. The van der Waals surface area contributed by atoms with E-state index in [2.05, 4.69) is 36.4 Å². The number of rotatable bonds is 7. The normalized spacial score (nSPS) is 17.8. The highest BCUT2D eigenvalue weighted by Crippen LogP contribution is 2.41. The molecule has 2 atom stereocenters. The van der Waals surface area contributed by atoms with Crippen molar-refractivity contribution in [1.82, 2.24) is 9.13 Å². The molecular weight excluding hydrogens is 452 g/mol. The van der Waals surface area contributed by atoms with Crippen molar-refractivity contribution in [3.63, 3.8) is 0 Å². The molecule has 0 bridgehead atoms. The molecule has 5 rings (SSSR count). The molecule has 0 aliphatic carbocycles. The van der Waals surface area contributed by atoms with E-state index in [1.807, 2.05) is 54.6 Å². The number of hydrogen-bond donors (Lipinski definition) is 0. The van der Waals surface area contributed by atoms with Gasteiger partial charge in [-0.1, -0.05) is 91.0 Å². The third-order valence-corrected chi connectivity index (χ3v) is 6.90. The molecule has 1 aliphatic heterocycles. The molecule has 1 fully saturated rings. The number of nitrogens with zero attached hydrogens (tertiary/aromatic N) is 2. The summed E-state index contributed by atoms with van der Waals surface area (Å²) >= 11 is 0. The van der Waals surface area contributed by atoms with Gasteiger partial charge in [0.05, 0.1) is 12.7 Å². The van der Waals surface area contributed by atoms with Crippen LogP contribution in [0.15, 0.2) is 107 Å². The van der Waals surface area contributed by atoms with Crippen molar-refractivity contribution in [2.45, 2.75) is 37.7 Å². The van der Waals surface area contributed by atoms with Crippen LogP contribution in [0.4, 0.5) is 0 Å². The topological polar surface area (TPSA) is 62.5 Å². The van der Waals surface area contributed by atoms with Crippen molar-refractivity contribution >= 4 is 0 Å². The summed E-state index contributed by atoms with van der Waals surface area (Å²) in [5, 5.41) is 0. The van der Waals surface area contributed by atoms with E-state index in [4.69, 9.17) is 9.47 Å². The Bertz CT molecular complexity index is 1330. The van der Waals surface area contributed by atoms with E-state index in [1.54, 1.807) is 13.1 Å². The molecule has 6 heteroatoms. The molecule has 3 aromatic carbocycles. The Morgan fingerprint density at radius 2 is 1.33 bits per heavy atom. The largest absolute Gasteiger partial charge is 0.358 e. The van der Waals surface area contributed by atoms with Gasteiger partial charge in [0.2, 0.25) is 0 Å². The van der Waals surface area contributed by atoms with E-state index in [-0.39, 0.29) is 17.4 Å². The van der Waals surface area contributed by atoms with Crippen LogP contribution in [0.2, 0.25) is 0 Å². The van der Waals surface area contributed by atoms with Gasteiger partial charge in [-0.25, -0.2) is 4.79 Å². The van der Waals surface area contributed by atoms with E-state index in [9.17, 15) is 9.59 Å². The van der Waals surface area contributed by atoms with Gasteiger partial charge in [0.15, 0.2) is 0 Å². The molecule has 1 aliphatic rings. The van der Waals surface area contributed by atoms with Gasteiger partial charge in [0.25, 0.3) is 5.56 Å². The van der Waals surface area contributed by atoms with Crippen LogP contribution in [0.1, 0.15) is 41.3 Å². The van der Waals surface area contributed by atoms with E-state index in [0.29, 0.717) is 18.6 Å². The Morgan fingerprint density at radius 1 is 0.833 bits per heavy atom. The Morgan fingerprint density at radius 3 is 1.83 bits per heavy atom. The fourth-order valence-electron chi connectivity index (χ4n) is 5.05. The maximum atomic E-state index is 12.7. The minimum Gasteiger partial charge on any atom is -0.358 e. The van der Waals surface area contributed by atoms with Gasteiger partial charge >= 0.3 is 5.69 Å². The molecule has 0 spiro atoms. The first-order valence-corrected chi connectivity index (χ1v) is 12.3. The molecule has 0 radical (unpaired) electrons. The highest BCUT2D eigenvalue weighted by atomic mass is 16.6. The monoisotopic (exact) mass is 482 g/mol. The average Bonchev–Trinajstić information content (AvgIpc) is 3.40. The summed E-state index contributed by atoms with van der Waals surface area (Å²) < 4.78 is 15.8. The van der Waals surface area contributed by atoms with Gasteiger partial charge in [-0.3, -0.25) is 13.9 Å². The van der Waals surface area contributed by atoms with Crippen molar-refractivity contribution in [1.29, 1.82) is 0 Å². The van der Waals surface area contributed by atoms with Crippen LogP contribution < -0.4 is 11.2 Å². The van der Waals surface area contributed by atoms with Crippen molar-refractivity contribution in [2.75, 3.05) is 6.61 Å². The summed E-state index contributed by atoms with van der Waals surface area (Å²) in [4.78, 5) is 24.8. The molecule has 0 unspecified atom stereocenters. The lowest BCUT2D eigenvalue weighted by Gasteiger charge is -2.36. The van der Waals surface area contributed by atoms with Crippen molar-refractivity contribution in [3.05, 3.63) is 140 Å². The predicted molar refractivity (Wildman–Crippen MR) is 139 cm³/mol. The maximum absolute atomic E-state index is 12.7. The second-order valence-corrected chi connectivity index (χ2v) is 9.25. The standard InChI is InChI=1S/C30H30N2O4/c1-22-20-32(29(34)31(2)28(22)33)27-19-18-26(36-27)21-35-30(23-12-6-3-7-13-23,24-14-8-4-9-15-24)25-16-10-5-11-17-25/h3-17,20,26-27H,18-19,21H2,1-2H3/t26-,27+/m0/s1. The van der Waals surface area contributed by atoms with Crippen molar-refractivity contribution < 1.29 is 9.47 Å². The minimum absolute atomic E-state index is 0.199. The number of aromatic nitrogens is 2. The number of benzene rings is 3. The predicted octanol–water partition coefficient (Wildman–Crippen LogP) is 4.54. The molecule has 0 amide bonds. The van der Waals surface area contributed by atoms with E-state index >= 15 is 0 Å². The lowest BCUT2D eigenvalue weighted by molar-refractivity contribution is -0.0776. The van der Waals surface area contributed by atoms with Gasteiger partial charge in [-0.05, 0) is 36.5 Å². The van der Waals surface area contributed by atoms with Crippen molar-refractivity contribution in [2.24, 2.45) is 7.05 Å². The lowest BCUT2D eigenvalue weighted by atomic mass is 9.80. The zero-order valence-electron chi connectivity index (χ0n) is 20.5. The molecule has 4 aromatic rings. The van der Waals surface area contributed by atoms with Crippen LogP contribution in [0.25, 0.3) is 0 Å². The van der Waals surface area contributed by atoms with E-state index in [0.717, 1.165) is 27.7 Å². The van der Waals surface area contributed by atoms with Gasteiger partial charge in [0, 0.05) is 18.8 Å². The van der Waals surface area contributed by atoms with Crippen LogP contribution in [0.5, 0.6) is 0 Å². The summed E-state index contributed by atoms with van der Waals surface area (Å²) in [5.74, 6) is 0. The van der Waals surface area contributed by atoms with Crippen LogP contribution in [-0.4, -0.2) is 21.8 Å². The highest BCUT2D eigenvalue weighted by molar-refractivity contribution is 5.47. The Kier molecular flexibility index (Phi) is 6.72. The first-order valence-electron chi connectivity index (χ1n) is 12.3. The maximum Gasteiger partial charge on any atom is 0.332 e. The zero-order chi connectivity index (χ0) is 25.1. The quantitative estimate of drug-likeness (QED) is 0.363. The number of ether oxygens (including phenoxy) is 2. The van der Waals surface area contributed by atoms with Gasteiger partial charge in [-0.2, -0.15) is 0 Å². The fourth-order valence-corrected chi connectivity index (χ4v) is 5.05. The Labute approximate surface area is 210 Å². The molecule has 36 heavy (non-hydrogen) atoms. The SMILES string of the molecule is Cc1cn([C@H]2CC[C@@H](COC(c3ccccc3)(c3ccccc3)c3ccccc3)O2)c(=O)n(C)c1=O. The fraction of sp³-hybridized carbons (Fsp3) is 0.267. The molecule has 184 valence electrons. The summed E-state index contributed by atoms with van der Waals surface area (Å²) in [6.45, 7) is 2.05. The van der Waals surface area contributed by atoms with Crippen LogP contribution in [0.3, 0.4) is 0 Å². The highest BCUT2D eigenvalue weighted by Gasteiger charge is 2.39. The van der Waals surface area contributed by atoms with Gasteiger partial charge in [-0.15, -0.1) is 0 Å². The minimum atomic E-state index is -0.824. The van der Waals surface area contributed by atoms with Crippen LogP contribution in [0, 0.1) is 6.92 Å². The van der Waals surface area contributed by atoms with E-state index in [1.165, 1.54) is 11.6 Å². The summed E-state index contributed by atoms with van der Waals surface area (Å²) in [6, 6.07) is 30.7. The molecule has 1 saturated heterocycles. The van der Waals surface area contributed by atoms with Crippen LogP contribution in [-0.2, 0) is 22.1 Å². The van der Waals surface area contributed by atoms with Crippen LogP contribution >= 0.6 is 0 Å². The third-order valence-electron chi connectivity index (χ3n) is 6.90. The molecule has 0 N–H and O–H groups in total. The average molecular weight is 483 g/mol. The molecule has 6 nitrogen and oxygen atoms in total. The molecule has 2 heterocycles. The Balaban J connectivity index is 1.48. The zero-order valence-corrected chi connectivity index (χ0v) is 20.5. The Hall–Kier alpha value is -3.74. The van der Waals surface area contributed by atoms with Gasteiger partial charge < -0.3 is 9.47 Å². The molecular formula is C30H30N2O4. The molecule has 0 saturated carbocycles. The smallest absolute Gasteiger partial charge is 0.332 e. The second kappa shape index (κ2) is 10.1. The number of aryl methyl sites for hydroxylation is 1. The van der Waals surface area contributed by atoms with Gasteiger partial charge in [0.1, 0.15) is 11.8 Å². The number of hydrogen-bond acceptors (Lipinski definition) is 4. The first kappa shape index (κ1) is 24.0. The summed E-state index contributed by atoms with van der Waals surface area (Å²) in [7, 11) is 1.50. The molecule has 1 aromatic heterocycles. The third kappa shape index (κ3) is 4.34. The second-order valence-electron chi connectivity index (χ2n) is 9.25. The lowest BCUT2D eigenvalue weighted by Crippen LogP contribution is -2.40. The van der Waals surface area contributed by atoms with E-state index < -0.39 is 11.8 Å². The summed E-state index contributed by atoms with van der Waals surface area (Å²) in [6.07, 6.45) is 2.38.